The summed E-state index contributed by atoms with van der Waals surface area (Å²) in [6, 6.07) is 2.42. The zero-order valence-corrected chi connectivity index (χ0v) is 12.4. The molecule has 1 saturated heterocycles. The van der Waals surface area contributed by atoms with Crippen LogP contribution in [0.1, 0.15) is 12.8 Å². The molecule has 2 aromatic rings. The Morgan fingerprint density at radius 2 is 2.09 bits per heavy atom. The van der Waals surface area contributed by atoms with Crippen molar-refractivity contribution in [1.29, 1.82) is 0 Å². The minimum absolute atomic E-state index is 0.416. The summed E-state index contributed by atoms with van der Waals surface area (Å²) < 4.78 is 0. The van der Waals surface area contributed by atoms with E-state index in [1.54, 1.807) is 11.2 Å². The Kier molecular flexibility index (Phi) is 2.95. The van der Waals surface area contributed by atoms with Crippen LogP contribution < -0.4 is 4.90 Å². The van der Waals surface area contributed by atoms with Gasteiger partial charge in [0.15, 0.2) is 0 Å². The molecule has 2 aromatic heterocycles. The van der Waals surface area contributed by atoms with E-state index >= 15 is 0 Å². The van der Waals surface area contributed by atoms with Gasteiger partial charge in [-0.05, 0) is 30.7 Å². The van der Waals surface area contributed by atoms with Crippen molar-refractivity contribution in [2.24, 2.45) is 11.8 Å². The molecule has 2 fully saturated rings. The minimum Gasteiger partial charge on any atom is -0.465 e. The normalized spacial score (nSPS) is 27.3. The van der Waals surface area contributed by atoms with Gasteiger partial charge in [-0.1, -0.05) is 0 Å². The van der Waals surface area contributed by atoms with E-state index in [1.807, 2.05) is 12.3 Å². The SMILES string of the molecule is CN(c1ncnc2[nH]ccc12)[C@@H]1C[C@@H]2CN(C(=O)O)C[C@@H]2C1. The van der Waals surface area contributed by atoms with E-state index in [2.05, 4.69) is 26.9 Å². The molecule has 4 rings (SSSR count). The molecule has 2 N–H and O–H groups in total. The van der Waals surface area contributed by atoms with Crippen LogP contribution >= 0.6 is 0 Å². The quantitative estimate of drug-likeness (QED) is 0.883. The van der Waals surface area contributed by atoms with Crippen molar-refractivity contribution in [2.75, 3.05) is 25.0 Å². The molecule has 0 aromatic carbocycles. The number of anilines is 1. The van der Waals surface area contributed by atoms with Gasteiger partial charge in [-0.25, -0.2) is 14.8 Å². The third-order valence-corrected chi connectivity index (χ3v) is 5.21. The Balaban J connectivity index is 1.53. The summed E-state index contributed by atoms with van der Waals surface area (Å²) in [6.45, 7) is 1.35. The highest BCUT2D eigenvalue weighted by Crippen LogP contribution is 2.41. The van der Waals surface area contributed by atoms with Gasteiger partial charge in [-0.2, -0.15) is 0 Å². The van der Waals surface area contributed by atoms with Crippen molar-refractivity contribution >= 4 is 22.9 Å². The average molecular weight is 301 g/mol. The lowest BCUT2D eigenvalue weighted by molar-refractivity contribution is 0.152. The van der Waals surface area contributed by atoms with Gasteiger partial charge < -0.3 is 19.9 Å². The zero-order valence-electron chi connectivity index (χ0n) is 12.4. The maximum atomic E-state index is 11.1. The number of likely N-dealkylation sites (tertiary alicyclic amines) is 1. The van der Waals surface area contributed by atoms with Crippen LogP contribution in [0, 0.1) is 11.8 Å². The number of H-pyrrole nitrogens is 1. The standard InChI is InChI=1S/C15H19N5O2/c1-19(14-12-2-3-16-13(12)17-8-18-14)11-4-9-6-20(15(21)22)7-10(9)5-11/h2-3,8-11H,4-7H2,1H3,(H,21,22)(H,16,17,18)/t9-,10+,11-. The van der Waals surface area contributed by atoms with Crippen LogP contribution in [-0.2, 0) is 0 Å². The van der Waals surface area contributed by atoms with Crippen molar-refractivity contribution in [3.8, 4) is 0 Å². The van der Waals surface area contributed by atoms with Crippen LogP contribution in [0.25, 0.3) is 11.0 Å². The predicted octanol–water partition coefficient (Wildman–Crippen LogP) is 1.78. The van der Waals surface area contributed by atoms with E-state index in [-0.39, 0.29) is 0 Å². The Morgan fingerprint density at radius 1 is 1.36 bits per heavy atom. The second-order valence-corrected chi connectivity index (χ2v) is 6.38. The number of carboxylic acid groups (broad SMARTS) is 1. The third-order valence-electron chi connectivity index (χ3n) is 5.21. The molecular formula is C15H19N5O2. The van der Waals surface area contributed by atoms with Crippen LogP contribution in [0.4, 0.5) is 10.6 Å². The predicted molar refractivity (Wildman–Crippen MR) is 81.9 cm³/mol. The number of hydrogen-bond donors (Lipinski definition) is 2. The lowest BCUT2D eigenvalue weighted by Crippen LogP contribution is -2.34. The van der Waals surface area contributed by atoms with Crippen LogP contribution in [0.15, 0.2) is 18.6 Å². The van der Waals surface area contributed by atoms with Crippen molar-refractivity contribution in [1.82, 2.24) is 19.9 Å². The molecule has 22 heavy (non-hydrogen) atoms. The van der Waals surface area contributed by atoms with E-state index in [9.17, 15) is 4.79 Å². The lowest BCUT2D eigenvalue weighted by atomic mass is 10.0. The van der Waals surface area contributed by atoms with Crippen molar-refractivity contribution in [3.63, 3.8) is 0 Å². The maximum absolute atomic E-state index is 11.1. The van der Waals surface area contributed by atoms with E-state index in [0.29, 0.717) is 31.0 Å². The topological polar surface area (TPSA) is 85.4 Å². The highest BCUT2D eigenvalue weighted by atomic mass is 16.4. The number of carbonyl (C=O) groups is 1. The molecular weight excluding hydrogens is 282 g/mol. The second kappa shape index (κ2) is 4.86. The number of nitrogens with zero attached hydrogens (tertiary/aromatic N) is 4. The largest absolute Gasteiger partial charge is 0.465 e. The number of aromatic amines is 1. The molecule has 1 aliphatic carbocycles. The first-order valence-corrected chi connectivity index (χ1v) is 7.62. The fourth-order valence-electron chi connectivity index (χ4n) is 4.05. The van der Waals surface area contributed by atoms with E-state index in [1.165, 1.54) is 0 Å². The first-order valence-electron chi connectivity index (χ1n) is 7.62. The van der Waals surface area contributed by atoms with Crippen molar-refractivity contribution in [2.45, 2.75) is 18.9 Å². The van der Waals surface area contributed by atoms with Crippen LogP contribution in [0.3, 0.4) is 0 Å². The zero-order chi connectivity index (χ0) is 15.3. The average Bonchev–Trinajstić information content (AvgIpc) is 3.18. The van der Waals surface area contributed by atoms with Gasteiger partial charge in [-0.15, -0.1) is 0 Å². The smallest absolute Gasteiger partial charge is 0.407 e. The Hall–Kier alpha value is -2.31. The molecule has 3 atom stereocenters. The first kappa shape index (κ1) is 13.4. The van der Waals surface area contributed by atoms with Gasteiger partial charge >= 0.3 is 6.09 Å². The Labute approximate surface area is 128 Å². The van der Waals surface area contributed by atoms with Gasteiger partial charge in [0.05, 0.1) is 5.39 Å². The van der Waals surface area contributed by atoms with Crippen LogP contribution in [0.5, 0.6) is 0 Å². The summed E-state index contributed by atoms with van der Waals surface area (Å²) in [7, 11) is 2.08. The first-order chi connectivity index (χ1) is 10.6. The molecule has 0 spiro atoms. The van der Waals surface area contributed by atoms with Crippen LogP contribution in [0.2, 0.25) is 0 Å². The van der Waals surface area contributed by atoms with Crippen molar-refractivity contribution in [3.05, 3.63) is 18.6 Å². The van der Waals surface area contributed by atoms with Gasteiger partial charge in [0.25, 0.3) is 0 Å². The highest BCUT2D eigenvalue weighted by molar-refractivity contribution is 5.87. The molecule has 1 amide bonds. The third kappa shape index (κ3) is 2.00. The van der Waals surface area contributed by atoms with E-state index in [4.69, 9.17) is 5.11 Å². The van der Waals surface area contributed by atoms with Crippen molar-refractivity contribution < 1.29 is 9.90 Å². The molecule has 2 aliphatic rings. The summed E-state index contributed by atoms with van der Waals surface area (Å²) in [5, 5.41) is 10.1. The molecule has 0 radical (unpaired) electrons. The maximum Gasteiger partial charge on any atom is 0.407 e. The molecule has 116 valence electrons. The monoisotopic (exact) mass is 301 g/mol. The Morgan fingerprint density at radius 3 is 2.77 bits per heavy atom. The second-order valence-electron chi connectivity index (χ2n) is 6.38. The molecule has 1 aliphatic heterocycles. The molecule has 1 saturated carbocycles. The number of amides is 1. The van der Waals surface area contributed by atoms with Gasteiger partial charge in [0.1, 0.15) is 17.8 Å². The Bertz CT molecular complexity index is 701. The summed E-state index contributed by atoms with van der Waals surface area (Å²) in [5.74, 6) is 1.91. The fourth-order valence-corrected chi connectivity index (χ4v) is 4.05. The molecule has 0 unspecified atom stereocenters. The van der Waals surface area contributed by atoms with Gasteiger partial charge in [0.2, 0.25) is 0 Å². The van der Waals surface area contributed by atoms with E-state index in [0.717, 1.165) is 29.7 Å². The lowest BCUT2D eigenvalue weighted by Gasteiger charge is -2.27. The van der Waals surface area contributed by atoms with E-state index < -0.39 is 6.09 Å². The molecule has 3 heterocycles. The minimum atomic E-state index is -0.788. The number of nitrogens with one attached hydrogen (secondary N) is 1. The number of rotatable bonds is 2. The number of hydrogen-bond acceptors (Lipinski definition) is 4. The summed E-state index contributed by atoms with van der Waals surface area (Å²) in [4.78, 5) is 26.7. The van der Waals surface area contributed by atoms with Crippen LogP contribution in [-0.4, -0.2) is 57.2 Å². The number of fused-ring (bicyclic) bond motifs is 2. The molecule has 7 nitrogen and oxygen atoms in total. The molecule has 7 heteroatoms. The fraction of sp³-hybridized carbons (Fsp3) is 0.533. The highest BCUT2D eigenvalue weighted by Gasteiger charge is 2.43. The molecule has 0 bridgehead atoms. The number of aromatic nitrogens is 3. The summed E-state index contributed by atoms with van der Waals surface area (Å²) in [6.07, 6.45) is 4.74. The van der Waals surface area contributed by atoms with Gasteiger partial charge in [0, 0.05) is 32.4 Å². The van der Waals surface area contributed by atoms with Gasteiger partial charge in [-0.3, -0.25) is 0 Å². The summed E-state index contributed by atoms with van der Waals surface area (Å²) in [5.41, 5.74) is 0.854. The summed E-state index contributed by atoms with van der Waals surface area (Å²) >= 11 is 0.